The third-order valence-corrected chi connectivity index (χ3v) is 2.48. The number of fused-ring (bicyclic) bond motifs is 1. The van der Waals surface area contributed by atoms with E-state index in [1.165, 1.54) is 19.5 Å². The van der Waals surface area contributed by atoms with E-state index in [0.717, 1.165) is 0 Å². The first-order valence-electron chi connectivity index (χ1n) is 4.82. The second kappa shape index (κ2) is 3.89. The topological polar surface area (TPSA) is 81.4 Å². The van der Waals surface area contributed by atoms with Gasteiger partial charge in [-0.15, -0.1) is 0 Å². The lowest BCUT2D eigenvalue weighted by Gasteiger charge is -2.02. The van der Waals surface area contributed by atoms with Crippen molar-refractivity contribution in [2.75, 3.05) is 7.11 Å². The largest absolute Gasteiger partial charge is 0.494 e. The Balaban J connectivity index is 2.76. The van der Waals surface area contributed by atoms with Gasteiger partial charge in [0.25, 0.3) is 5.78 Å². The minimum Gasteiger partial charge on any atom is -0.494 e. The van der Waals surface area contributed by atoms with Gasteiger partial charge >= 0.3 is 5.97 Å². The summed E-state index contributed by atoms with van der Waals surface area (Å²) in [6.07, 6.45) is 2.91. The number of hydrogen-bond acceptors (Lipinski definition) is 4. The van der Waals surface area contributed by atoms with Crippen molar-refractivity contribution in [2.45, 2.75) is 0 Å². The molecule has 0 radical (unpaired) electrons. The van der Waals surface area contributed by atoms with Gasteiger partial charge in [0.2, 0.25) is 0 Å². The Kier molecular flexibility index (Phi) is 2.55. The molecule has 0 aliphatic carbocycles. The molecule has 2 heterocycles. The number of methoxy groups -OCH3 is 1. The quantitative estimate of drug-likeness (QED) is 0.629. The number of aliphatic carboxylic acids is 1. The van der Waals surface area contributed by atoms with Crippen molar-refractivity contribution in [3.63, 3.8) is 0 Å². The summed E-state index contributed by atoms with van der Waals surface area (Å²) in [6.45, 7) is 0. The molecular formula is C11H10N2O4. The zero-order valence-corrected chi connectivity index (χ0v) is 9.30. The maximum Gasteiger partial charge on any atom is 0.377 e. The van der Waals surface area contributed by atoms with Crippen molar-refractivity contribution >= 4 is 22.8 Å². The molecule has 17 heavy (non-hydrogen) atoms. The molecule has 0 saturated carbocycles. The lowest BCUT2D eigenvalue weighted by atomic mass is 10.2. The van der Waals surface area contributed by atoms with Gasteiger partial charge in [0.15, 0.2) is 0 Å². The lowest BCUT2D eigenvalue weighted by Crippen LogP contribution is -2.12. The van der Waals surface area contributed by atoms with Gasteiger partial charge in [-0.1, -0.05) is 0 Å². The molecule has 0 amide bonds. The second-order valence-electron chi connectivity index (χ2n) is 3.50. The first kappa shape index (κ1) is 11.1. The van der Waals surface area contributed by atoms with E-state index in [4.69, 9.17) is 9.84 Å². The smallest absolute Gasteiger partial charge is 0.377 e. The minimum absolute atomic E-state index is 0.0638. The van der Waals surface area contributed by atoms with Crippen LogP contribution >= 0.6 is 0 Å². The van der Waals surface area contributed by atoms with Crippen molar-refractivity contribution in [3.05, 3.63) is 24.0 Å². The molecule has 0 aliphatic heterocycles. The Labute approximate surface area is 96.4 Å². The van der Waals surface area contributed by atoms with Gasteiger partial charge in [0.05, 0.1) is 12.7 Å². The van der Waals surface area contributed by atoms with Crippen LogP contribution in [0.3, 0.4) is 0 Å². The predicted molar refractivity (Wildman–Crippen MR) is 59.2 cm³/mol. The molecule has 2 rings (SSSR count). The molecule has 0 bridgehead atoms. The average Bonchev–Trinajstić information content (AvgIpc) is 2.66. The number of carboxylic acids is 1. The molecule has 1 N–H and O–H groups in total. The number of pyridine rings is 1. The Bertz CT molecular complexity index is 615. The number of ether oxygens (including phenoxy) is 1. The number of aromatic nitrogens is 2. The summed E-state index contributed by atoms with van der Waals surface area (Å²) < 4.78 is 6.76. The third kappa shape index (κ3) is 1.63. The predicted octanol–water partition coefficient (Wildman–Crippen LogP) is 0.849. The molecule has 0 spiro atoms. The molecule has 6 nitrogen and oxygen atoms in total. The first-order valence-corrected chi connectivity index (χ1v) is 4.82. The highest BCUT2D eigenvalue weighted by molar-refractivity contribution is 6.42. The number of ketones is 1. The molecule has 88 valence electrons. The van der Waals surface area contributed by atoms with Crippen molar-refractivity contribution in [1.82, 2.24) is 9.55 Å². The maximum atomic E-state index is 11.5. The Hall–Kier alpha value is -2.37. The summed E-state index contributed by atoms with van der Waals surface area (Å²) in [7, 11) is 3.20. The van der Waals surface area contributed by atoms with Crippen LogP contribution in [0.2, 0.25) is 0 Å². The molecule has 2 aromatic rings. The van der Waals surface area contributed by atoms with Crippen LogP contribution in [0.1, 0.15) is 10.4 Å². The molecule has 0 aromatic carbocycles. The molecule has 2 aromatic heterocycles. The SMILES string of the molecule is COc1ccnc2c(C(=O)C(=O)O)cn(C)c12. The minimum atomic E-state index is -1.50. The Morgan fingerprint density at radius 3 is 2.76 bits per heavy atom. The summed E-state index contributed by atoms with van der Waals surface area (Å²) in [4.78, 5) is 26.2. The fourth-order valence-corrected chi connectivity index (χ4v) is 1.74. The van der Waals surface area contributed by atoms with E-state index in [1.807, 2.05) is 0 Å². The molecule has 0 aliphatic rings. The van der Waals surface area contributed by atoms with Crippen molar-refractivity contribution in [2.24, 2.45) is 7.05 Å². The van der Waals surface area contributed by atoms with Crippen LogP contribution < -0.4 is 4.74 Å². The summed E-state index contributed by atoms with van der Waals surface area (Å²) in [6, 6.07) is 1.65. The highest BCUT2D eigenvalue weighted by Gasteiger charge is 2.22. The van der Waals surface area contributed by atoms with Crippen molar-refractivity contribution in [1.29, 1.82) is 0 Å². The third-order valence-electron chi connectivity index (χ3n) is 2.48. The maximum absolute atomic E-state index is 11.5. The number of nitrogens with zero attached hydrogens (tertiary/aromatic N) is 2. The fourth-order valence-electron chi connectivity index (χ4n) is 1.74. The van der Waals surface area contributed by atoms with Crippen LogP contribution in [0.5, 0.6) is 5.75 Å². The summed E-state index contributed by atoms with van der Waals surface area (Å²) in [5.74, 6) is -1.93. The highest BCUT2D eigenvalue weighted by Crippen LogP contribution is 2.27. The van der Waals surface area contributed by atoms with Gasteiger partial charge in [0, 0.05) is 25.5 Å². The molecule has 0 saturated heterocycles. The molecule has 0 unspecified atom stereocenters. The number of hydrogen-bond donors (Lipinski definition) is 1. The zero-order chi connectivity index (χ0) is 12.6. The number of aryl methyl sites for hydroxylation is 1. The standard InChI is InChI=1S/C11H10N2O4/c1-13-5-6(10(14)11(15)16)8-9(13)7(17-2)3-4-12-8/h3-5H,1-2H3,(H,15,16). The summed E-state index contributed by atoms with van der Waals surface area (Å²) >= 11 is 0. The van der Waals surface area contributed by atoms with Crippen LogP contribution in [0.15, 0.2) is 18.5 Å². The normalized spacial score (nSPS) is 10.5. The molecular weight excluding hydrogens is 224 g/mol. The number of rotatable bonds is 3. The van der Waals surface area contributed by atoms with Crippen LogP contribution in [0, 0.1) is 0 Å². The number of carbonyl (C=O) groups is 2. The van der Waals surface area contributed by atoms with Crippen LogP contribution in [0.4, 0.5) is 0 Å². The number of carbonyl (C=O) groups excluding carboxylic acids is 1. The van der Waals surface area contributed by atoms with E-state index >= 15 is 0 Å². The van der Waals surface area contributed by atoms with Gasteiger partial charge in [0.1, 0.15) is 16.8 Å². The average molecular weight is 234 g/mol. The van der Waals surface area contributed by atoms with E-state index in [0.29, 0.717) is 16.8 Å². The van der Waals surface area contributed by atoms with E-state index in [2.05, 4.69) is 4.98 Å². The van der Waals surface area contributed by atoms with E-state index in [-0.39, 0.29) is 5.56 Å². The van der Waals surface area contributed by atoms with Crippen molar-refractivity contribution < 1.29 is 19.4 Å². The van der Waals surface area contributed by atoms with E-state index in [9.17, 15) is 9.59 Å². The van der Waals surface area contributed by atoms with Gasteiger partial charge in [-0.3, -0.25) is 9.78 Å². The first-order chi connectivity index (χ1) is 8.06. The van der Waals surface area contributed by atoms with E-state index in [1.54, 1.807) is 17.7 Å². The van der Waals surface area contributed by atoms with Gasteiger partial charge in [-0.25, -0.2) is 4.79 Å². The van der Waals surface area contributed by atoms with Gasteiger partial charge in [-0.2, -0.15) is 0 Å². The highest BCUT2D eigenvalue weighted by atomic mass is 16.5. The van der Waals surface area contributed by atoms with Crippen LogP contribution in [-0.2, 0) is 11.8 Å². The van der Waals surface area contributed by atoms with Crippen LogP contribution in [-0.4, -0.2) is 33.5 Å². The monoisotopic (exact) mass is 234 g/mol. The van der Waals surface area contributed by atoms with Crippen LogP contribution in [0.25, 0.3) is 11.0 Å². The van der Waals surface area contributed by atoms with Gasteiger partial charge < -0.3 is 14.4 Å². The van der Waals surface area contributed by atoms with Crippen molar-refractivity contribution in [3.8, 4) is 5.75 Å². The zero-order valence-electron chi connectivity index (χ0n) is 9.30. The Morgan fingerprint density at radius 2 is 2.18 bits per heavy atom. The molecule has 0 fully saturated rings. The number of carboxylic acid groups (broad SMARTS) is 1. The summed E-state index contributed by atoms with van der Waals surface area (Å²) in [5, 5.41) is 8.71. The lowest BCUT2D eigenvalue weighted by molar-refractivity contribution is -0.131. The molecule has 0 atom stereocenters. The van der Waals surface area contributed by atoms with Gasteiger partial charge in [-0.05, 0) is 0 Å². The second-order valence-corrected chi connectivity index (χ2v) is 3.50. The fraction of sp³-hybridized carbons (Fsp3) is 0.182. The number of Topliss-reactive ketones (excluding diaryl/α,β-unsaturated/α-hetero) is 1. The summed E-state index contributed by atoms with van der Waals surface area (Å²) in [5.41, 5.74) is 0.993. The Morgan fingerprint density at radius 1 is 1.47 bits per heavy atom. The molecule has 6 heteroatoms. The van der Waals surface area contributed by atoms with E-state index < -0.39 is 11.8 Å².